The lowest BCUT2D eigenvalue weighted by Gasteiger charge is -2.32. The van der Waals surface area contributed by atoms with Crippen molar-refractivity contribution in [1.82, 2.24) is 0 Å². The van der Waals surface area contributed by atoms with Gasteiger partial charge in [0, 0.05) is 19.8 Å². The zero-order valence-corrected chi connectivity index (χ0v) is 11.5. The molecule has 0 radical (unpaired) electrons. The number of rotatable bonds is 8. The van der Waals surface area contributed by atoms with E-state index < -0.39 is 17.6 Å². The molecule has 0 bridgehead atoms. The van der Waals surface area contributed by atoms with Crippen LogP contribution in [0.15, 0.2) is 18.2 Å². The topological polar surface area (TPSA) is 27.7 Å². The normalized spacial score (nSPS) is 11.8. The zero-order valence-electron chi connectivity index (χ0n) is 11.5. The Hall–Kier alpha value is -1.04. The quantitative estimate of drug-likeness (QED) is 0.681. The van der Waals surface area contributed by atoms with Crippen LogP contribution in [0, 0.1) is 11.6 Å². The summed E-state index contributed by atoms with van der Waals surface area (Å²) in [7, 11) is 0. The SMILES string of the molecule is CCOC(Cc1cc(F)ccc1F)(OCC)OCC. The minimum absolute atomic E-state index is 0.00782. The molecule has 0 aliphatic heterocycles. The molecule has 0 saturated heterocycles. The van der Waals surface area contributed by atoms with E-state index in [9.17, 15) is 8.78 Å². The maximum absolute atomic E-state index is 13.7. The predicted octanol–water partition coefficient (Wildman–Crippen LogP) is 3.27. The molecule has 0 heterocycles. The van der Waals surface area contributed by atoms with Crippen molar-refractivity contribution in [3.63, 3.8) is 0 Å². The number of hydrogen-bond donors (Lipinski definition) is 0. The van der Waals surface area contributed by atoms with E-state index in [1.54, 1.807) is 20.8 Å². The lowest BCUT2D eigenvalue weighted by atomic mass is 10.1. The Morgan fingerprint density at radius 2 is 1.47 bits per heavy atom. The molecular weight excluding hydrogens is 254 g/mol. The molecule has 1 aromatic rings. The van der Waals surface area contributed by atoms with Gasteiger partial charge < -0.3 is 14.2 Å². The Labute approximate surface area is 112 Å². The summed E-state index contributed by atoms with van der Waals surface area (Å²) in [6.45, 7) is 6.39. The van der Waals surface area contributed by atoms with Crippen molar-refractivity contribution >= 4 is 0 Å². The van der Waals surface area contributed by atoms with Gasteiger partial charge in [-0.1, -0.05) is 0 Å². The summed E-state index contributed by atoms with van der Waals surface area (Å²) in [5.74, 6) is -2.38. The zero-order chi connectivity index (χ0) is 14.3. The number of hydrogen-bond acceptors (Lipinski definition) is 3. The van der Waals surface area contributed by atoms with Gasteiger partial charge in [0.1, 0.15) is 11.6 Å². The molecule has 0 saturated carbocycles. The van der Waals surface area contributed by atoms with Gasteiger partial charge in [0.15, 0.2) is 0 Å². The second kappa shape index (κ2) is 7.53. The third-order valence-corrected chi connectivity index (χ3v) is 2.51. The van der Waals surface area contributed by atoms with Crippen LogP contribution in [-0.2, 0) is 20.6 Å². The average molecular weight is 274 g/mol. The van der Waals surface area contributed by atoms with Crippen molar-refractivity contribution in [1.29, 1.82) is 0 Å². The molecule has 0 fully saturated rings. The molecule has 5 heteroatoms. The molecule has 108 valence electrons. The first kappa shape index (κ1) is 16.0. The standard InChI is InChI=1S/C14H20F2O3/c1-4-17-14(18-5-2,19-6-3)10-11-9-12(15)7-8-13(11)16/h7-9H,4-6,10H2,1-3H3. The Bertz CT molecular complexity index is 379. The van der Waals surface area contributed by atoms with Crippen LogP contribution < -0.4 is 0 Å². The first-order valence-corrected chi connectivity index (χ1v) is 6.42. The lowest BCUT2D eigenvalue weighted by Crippen LogP contribution is -2.42. The van der Waals surface area contributed by atoms with E-state index in [0.29, 0.717) is 19.8 Å². The van der Waals surface area contributed by atoms with Crippen LogP contribution in [0.2, 0.25) is 0 Å². The first-order valence-electron chi connectivity index (χ1n) is 6.42. The minimum Gasteiger partial charge on any atom is -0.327 e. The third kappa shape index (κ3) is 4.53. The van der Waals surface area contributed by atoms with E-state index >= 15 is 0 Å². The summed E-state index contributed by atoms with van der Waals surface area (Å²) in [6, 6.07) is 3.28. The second-order valence-electron chi connectivity index (χ2n) is 3.89. The molecule has 0 spiro atoms. The molecule has 1 rings (SSSR count). The molecule has 0 amide bonds. The van der Waals surface area contributed by atoms with Gasteiger partial charge in [-0.2, -0.15) is 0 Å². The molecule has 3 nitrogen and oxygen atoms in total. The van der Waals surface area contributed by atoms with Crippen LogP contribution in [0.3, 0.4) is 0 Å². The third-order valence-electron chi connectivity index (χ3n) is 2.51. The summed E-state index contributed by atoms with van der Waals surface area (Å²) in [5, 5.41) is 0. The summed E-state index contributed by atoms with van der Waals surface area (Å²) >= 11 is 0. The number of benzene rings is 1. The Kier molecular flexibility index (Phi) is 6.34. The molecular formula is C14H20F2O3. The van der Waals surface area contributed by atoms with Crippen molar-refractivity contribution in [2.24, 2.45) is 0 Å². The number of halogens is 2. The highest BCUT2D eigenvalue weighted by Crippen LogP contribution is 2.24. The highest BCUT2D eigenvalue weighted by molar-refractivity contribution is 5.19. The molecule has 0 aliphatic carbocycles. The van der Waals surface area contributed by atoms with E-state index in [0.717, 1.165) is 18.2 Å². The van der Waals surface area contributed by atoms with Gasteiger partial charge in [-0.3, -0.25) is 0 Å². The Balaban J connectivity index is 3.00. The monoisotopic (exact) mass is 274 g/mol. The van der Waals surface area contributed by atoms with Gasteiger partial charge in [-0.05, 0) is 44.5 Å². The fourth-order valence-electron chi connectivity index (χ4n) is 1.85. The Morgan fingerprint density at radius 1 is 0.947 bits per heavy atom. The van der Waals surface area contributed by atoms with Crippen molar-refractivity contribution in [3.05, 3.63) is 35.4 Å². The van der Waals surface area contributed by atoms with Crippen LogP contribution in [0.25, 0.3) is 0 Å². The van der Waals surface area contributed by atoms with Gasteiger partial charge in [-0.15, -0.1) is 0 Å². The van der Waals surface area contributed by atoms with E-state index in [4.69, 9.17) is 14.2 Å². The van der Waals surface area contributed by atoms with Crippen LogP contribution >= 0.6 is 0 Å². The van der Waals surface area contributed by atoms with Crippen molar-refractivity contribution in [2.75, 3.05) is 19.8 Å². The average Bonchev–Trinajstić information content (AvgIpc) is 2.35. The summed E-state index contributed by atoms with van der Waals surface area (Å²) in [6.07, 6.45) is -0.00782. The van der Waals surface area contributed by atoms with E-state index in [1.807, 2.05) is 0 Å². The molecule has 0 unspecified atom stereocenters. The van der Waals surface area contributed by atoms with Gasteiger partial charge in [0.05, 0.1) is 6.42 Å². The maximum atomic E-state index is 13.7. The van der Waals surface area contributed by atoms with Gasteiger partial charge in [0.25, 0.3) is 5.97 Å². The fraction of sp³-hybridized carbons (Fsp3) is 0.571. The summed E-state index contributed by atoms with van der Waals surface area (Å²) in [4.78, 5) is 0. The molecule has 19 heavy (non-hydrogen) atoms. The van der Waals surface area contributed by atoms with Crippen molar-refractivity contribution in [2.45, 2.75) is 33.2 Å². The highest BCUT2D eigenvalue weighted by atomic mass is 19.1. The Morgan fingerprint density at radius 3 is 1.95 bits per heavy atom. The van der Waals surface area contributed by atoms with Crippen LogP contribution in [0.1, 0.15) is 26.3 Å². The first-order chi connectivity index (χ1) is 9.06. The summed E-state index contributed by atoms with van der Waals surface area (Å²) in [5.41, 5.74) is 0.162. The number of ether oxygens (including phenoxy) is 3. The maximum Gasteiger partial charge on any atom is 0.287 e. The van der Waals surface area contributed by atoms with Crippen molar-refractivity contribution in [3.8, 4) is 0 Å². The van der Waals surface area contributed by atoms with Crippen LogP contribution in [-0.4, -0.2) is 25.8 Å². The molecule has 0 aromatic heterocycles. The lowest BCUT2D eigenvalue weighted by molar-refractivity contribution is -0.376. The van der Waals surface area contributed by atoms with Crippen LogP contribution in [0.5, 0.6) is 0 Å². The van der Waals surface area contributed by atoms with E-state index in [-0.39, 0.29) is 12.0 Å². The van der Waals surface area contributed by atoms with Crippen molar-refractivity contribution < 1.29 is 23.0 Å². The van der Waals surface area contributed by atoms with Crippen LogP contribution in [0.4, 0.5) is 8.78 Å². The molecule has 1 aromatic carbocycles. The molecule has 0 atom stereocenters. The predicted molar refractivity (Wildman–Crippen MR) is 67.7 cm³/mol. The molecule has 0 N–H and O–H groups in total. The minimum atomic E-state index is -1.37. The fourth-order valence-corrected chi connectivity index (χ4v) is 1.85. The van der Waals surface area contributed by atoms with Gasteiger partial charge in [0.2, 0.25) is 0 Å². The van der Waals surface area contributed by atoms with E-state index in [1.165, 1.54) is 0 Å². The second-order valence-corrected chi connectivity index (χ2v) is 3.89. The highest BCUT2D eigenvalue weighted by Gasteiger charge is 2.34. The smallest absolute Gasteiger partial charge is 0.287 e. The van der Waals surface area contributed by atoms with Gasteiger partial charge in [-0.25, -0.2) is 8.78 Å². The summed E-state index contributed by atoms with van der Waals surface area (Å²) < 4.78 is 43.3. The van der Waals surface area contributed by atoms with E-state index in [2.05, 4.69) is 0 Å². The van der Waals surface area contributed by atoms with Gasteiger partial charge >= 0.3 is 0 Å². The molecule has 0 aliphatic rings. The largest absolute Gasteiger partial charge is 0.327 e.